The Balaban J connectivity index is 1.01. The first-order chi connectivity index (χ1) is 17.5. The number of anilines is 2. The fraction of sp³-hybridized carbons (Fsp3) is 0.355. The molecule has 2 unspecified atom stereocenters. The van der Waals surface area contributed by atoms with E-state index in [9.17, 15) is 14.7 Å². The van der Waals surface area contributed by atoms with E-state index in [-0.39, 0.29) is 11.5 Å². The van der Waals surface area contributed by atoms with Crippen LogP contribution in [-0.2, 0) is 12.0 Å². The quantitative estimate of drug-likeness (QED) is 0.381. The van der Waals surface area contributed by atoms with Gasteiger partial charge in [0.25, 0.3) is 5.91 Å². The third-order valence-electron chi connectivity index (χ3n) is 9.92. The third-order valence-corrected chi connectivity index (χ3v) is 9.92. The van der Waals surface area contributed by atoms with Crippen molar-refractivity contribution in [2.75, 3.05) is 5.32 Å². The summed E-state index contributed by atoms with van der Waals surface area (Å²) in [6.07, 6.45) is 7.20. The molecule has 4 aliphatic rings. The van der Waals surface area contributed by atoms with Crippen molar-refractivity contribution in [3.05, 3.63) is 95.1 Å². The van der Waals surface area contributed by atoms with E-state index in [0.717, 1.165) is 23.3 Å². The van der Waals surface area contributed by atoms with Crippen molar-refractivity contribution in [1.29, 1.82) is 0 Å². The molecule has 1 amide bonds. The largest absolute Gasteiger partial charge is 0.478 e. The molecular formula is C31H30N2O3. The smallest absolute Gasteiger partial charge is 0.337 e. The summed E-state index contributed by atoms with van der Waals surface area (Å²) in [4.78, 5) is 24.3. The number of fused-ring (bicyclic) bond motifs is 1. The minimum absolute atomic E-state index is 0.154. The highest BCUT2D eigenvalue weighted by Gasteiger charge is 2.81. The molecule has 0 aromatic heterocycles. The summed E-state index contributed by atoms with van der Waals surface area (Å²) < 4.78 is 0. The summed E-state index contributed by atoms with van der Waals surface area (Å²) in [7, 11) is 0. The number of carbonyl (C=O) groups excluding carboxylic acids is 1. The van der Waals surface area contributed by atoms with Crippen molar-refractivity contribution < 1.29 is 14.7 Å². The highest BCUT2D eigenvalue weighted by atomic mass is 16.4. The van der Waals surface area contributed by atoms with E-state index in [1.165, 1.54) is 37.7 Å². The maximum absolute atomic E-state index is 12.9. The van der Waals surface area contributed by atoms with Crippen LogP contribution in [0.1, 0.15) is 63.9 Å². The molecule has 0 saturated heterocycles. The molecule has 2 atom stereocenters. The van der Waals surface area contributed by atoms with Crippen molar-refractivity contribution in [2.24, 2.45) is 23.2 Å². The summed E-state index contributed by atoms with van der Waals surface area (Å²) in [5.41, 5.74) is 5.58. The monoisotopic (exact) mass is 478 g/mol. The van der Waals surface area contributed by atoms with Gasteiger partial charge in [-0.25, -0.2) is 4.79 Å². The summed E-state index contributed by atoms with van der Waals surface area (Å²) in [5.74, 6) is 1.81. The number of para-hydroxylation sites is 1. The molecule has 5 heteroatoms. The topological polar surface area (TPSA) is 78.4 Å². The van der Waals surface area contributed by atoms with Crippen LogP contribution in [0.2, 0.25) is 0 Å². The predicted octanol–water partition coefficient (Wildman–Crippen LogP) is 6.14. The second-order valence-corrected chi connectivity index (χ2v) is 11.4. The molecule has 2 bridgehead atoms. The SMILES string of the molecule is O=C(NCc1ccc(C23CC4CC5CC(C2)C43C5)cc1)c1cccc(Nc2ccccc2C(=O)O)c1. The van der Waals surface area contributed by atoms with Gasteiger partial charge in [-0.3, -0.25) is 4.79 Å². The van der Waals surface area contributed by atoms with E-state index < -0.39 is 5.97 Å². The van der Waals surface area contributed by atoms with E-state index in [0.29, 0.717) is 34.3 Å². The molecule has 3 N–H and O–H groups in total. The summed E-state index contributed by atoms with van der Waals surface area (Å²) in [6.45, 7) is 0.476. The first-order valence-electron chi connectivity index (χ1n) is 13.1. The van der Waals surface area contributed by atoms with E-state index in [1.807, 2.05) is 6.07 Å². The first kappa shape index (κ1) is 21.7. The molecule has 4 aliphatic carbocycles. The Morgan fingerprint density at radius 2 is 1.64 bits per heavy atom. The highest BCUT2D eigenvalue weighted by Crippen LogP contribution is 2.86. The average Bonchev–Trinajstić information content (AvgIpc) is 3.41. The second-order valence-electron chi connectivity index (χ2n) is 11.4. The average molecular weight is 479 g/mol. The number of rotatable bonds is 7. The van der Waals surface area contributed by atoms with Gasteiger partial charge in [0, 0.05) is 23.2 Å². The molecular weight excluding hydrogens is 448 g/mol. The van der Waals surface area contributed by atoms with Crippen LogP contribution in [0.5, 0.6) is 0 Å². The molecule has 4 saturated carbocycles. The van der Waals surface area contributed by atoms with Gasteiger partial charge >= 0.3 is 5.97 Å². The Morgan fingerprint density at radius 1 is 0.889 bits per heavy atom. The maximum atomic E-state index is 12.9. The minimum atomic E-state index is -0.998. The van der Waals surface area contributed by atoms with Crippen LogP contribution in [0, 0.1) is 23.2 Å². The van der Waals surface area contributed by atoms with Gasteiger partial charge in [0.2, 0.25) is 0 Å². The van der Waals surface area contributed by atoms with Crippen molar-refractivity contribution >= 4 is 23.3 Å². The lowest BCUT2D eigenvalue weighted by molar-refractivity contribution is -0.205. The number of hydrogen-bond donors (Lipinski definition) is 3. The van der Waals surface area contributed by atoms with E-state index in [1.54, 1.807) is 42.5 Å². The molecule has 0 heterocycles. The first-order valence-corrected chi connectivity index (χ1v) is 13.1. The molecule has 5 nitrogen and oxygen atoms in total. The lowest BCUT2D eigenvalue weighted by Gasteiger charge is -2.75. The van der Waals surface area contributed by atoms with Crippen LogP contribution < -0.4 is 10.6 Å². The van der Waals surface area contributed by atoms with Crippen LogP contribution in [0.3, 0.4) is 0 Å². The number of benzene rings is 3. The van der Waals surface area contributed by atoms with Crippen molar-refractivity contribution in [3.63, 3.8) is 0 Å². The van der Waals surface area contributed by atoms with Gasteiger partial charge in [-0.1, -0.05) is 42.5 Å². The normalized spacial score (nSPS) is 30.6. The van der Waals surface area contributed by atoms with E-state index in [2.05, 4.69) is 34.9 Å². The highest BCUT2D eigenvalue weighted by molar-refractivity contribution is 5.97. The van der Waals surface area contributed by atoms with Crippen LogP contribution in [0.25, 0.3) is 0 Å². The Kier molecular flexibility index (Phi) is 4.63. The number of nitrogens with one attached hydrogen (secondary N) is 2. The van der Waals surface area contributed by atoms with Gasteiger partial charge in [0.1, 0.15) is 0 Å². The number of amides is 1. The Bertz CT molecular complexity index is 1360. The zero-order chi connectivity index (χ0) is 24.5. The van der Waals surface area contributed by atoms with Crippen LogP contribution in [0.15, 0.2) is 72.8 Å². The van der Waals surface area contributed by atoms with Gasteiger partial charge in [0.05, 0.1) is 11.3 Å². The lowest BCUT2D eigenvalue weighted by atomic mass is 9.29. The van der Waals surface area contributed by atoms with Crippen molar-refractivity contribution in [1.82, 2.24) is 5.32 Å². The van der Waals surface area contributed by atoms with Gasteiger partial charge < -0.3 is 15.7 Å². The van der Waals surface area contributed by atoms with Gasteiger partial charge in [-0.05, 0) is 96.7 Å². The number of hydrogen-bond acceptors (Lipinski definition) is 3. The zero-order valence-electron chi connectivity index (χ0n) is 20.2. The summed E-state index contributed by atoms with van der Waals surface area (Å²) in [5, 5.41) is 15.6. The lowest BCUT2D eigenvalue weighted by Crippen LogP contribution is -2.70. The molecule has 3 aromatic carbocycles. The van der Waals surface area contributed by atoms with Gasteiger partial charge in [0.15, 0.2) is 0 Å². The summed E-state index contributed by atoms with van der Waals surface area (Å²) in [6, 6.07) is 22.9. The fourth-order valence-electron chi connectivity index (χ4n) is 8.59. The molecule has 4 fully saturated rings. The standard InChI is InChI=1S/C31H30N2O3/c34-28(21-4-3-5-25(14-21)33-27-7-2-1-6-26(27)29(35)36)32-18-19-8-10-22(11-9-19)30-16-23-12-20-13-24(17-30)31(23,30)15-20/h1-11,14,20,23-24,33H,12-13,15-18H2,(H,32,34)(H,35,36). The summed E-state index contributed by atoms with van der Waals surface area (Å²) >= 11 is 0. The minimum Gasteiger partial charge on any atom is -0.478 e. The number of aromatic carboxylic acids is 1. The zero-order valence-corrected chi connectivity index (χ0v) is 20.2. The van der Waals surface area contributed by atoms with Gasteiger partial charge in [-0.2, -0.15) is 0 Å². The van der Waals surface area contributed by atoms with Crippen molar-refractivity contribution in [2.45, 2.75) is 44.1 Å². The van der Waals surface area contributed by atoms with Crippen LogP contribution in [-0.4, -0.2) is 17.0 Å². The predicted molar refractivity (Wildman–Crippen MR) is 138 cm³/mol. The number of carboxylic acid groups (broad SMARTS) is 1. The maximum Gasteiger partial charge on any atom is 0.337 e. The van der Waals surface area contributed by atoms with Crippen LogP contribution >= 0.6 is 0 Å². The molecule has 0 radical (unpaired) electrons. The van der Waals surface area contributed by atoms with E-state index in [4.69, 9.17) is 0 Å². The van der Waals surface area contributed by atoms with Gasteiger partial charge in [-0.15, -0.1) is 0 Å². The molecule has 0 aliphatic heterocycles. The third kappa shape index (κ3) is 2.95. The molecule has 7 rings (SSSR count). The van der Waals surface area contributed by atoms with Crippen molar-refractivity contribution in [3.8, 4) is 0 Å². The van der Waals surface area contributed by atoms with E-state index >= 15 is 0 Å². The Hall–Kier alpha value is -3.60. The Labute approximate surface area is 210 Å². The fourth-order valence-corrected chi connectivity index (χ4v) is 8.59. The molecule has 182 valence electrons. The van der Waals surface area contributed by atoms with Crippen LogP contribution in [0.4, 0.5) is 11.4 Å². The Morgan fingerprint density at radius 3 is 2.36 bits per heavy atom. The number of carboxylic acids is 1. The molecule has 36 heavy (non-hydrogen) atoms. The molecule has 3 aromatic rings. The molecule has 1 spiro atoms. The number of carbonyl (C=O) groups is 2. The second kappa shape index (κ2) is 7.70.